The highest BCUT2D eigenvalue weighted by molar-refractivity contribution is 9.10. The van der Waals surface area contributed by atoms with Gasteiger partial charge in [0, 0.05) is 6.42 Å². The normalized spacial score (nSPS) is 11.3. The molecule has 2 nitrogen and oxygen atoms in total. The second kappa shape index (κ2) is 5.00. The summed E-state index contributed by atoms with van der Waals surface area (Å²) in [6.07, 6.45) is 0.547. The fraction of sp³-hybridized carbons (Fsp3) is 0.462. The molecule has 1 aromatic carbocycles. The number of hydrogen-bond acceptors (Lipinski definition) is 2. The highest BCUT2D eigenvalue weighted by Gasteiger charge is 2.23. The van der Waals surface area contributed by atoms with Crippen LogP contribution in [0.1, 0.15) is 32.8 Å². The fourth-order valence-corrected chi connectivity index (χ4v) is 2.35. The van der Waals surface area contributed by atoms with Gasteiger partial charge in [-0.1, -0.05) is 19.9 Å². The Balaban J connectivity index is 3.04. The highest BCUT2D eigenvalue weighted by Crippen LogP contribution is 2.33. The minimum atomic E-state index is -0.138. The lowest BCUT2D eigenvalue weighted by Crippen LogP contribution is -2.20. The Morgan fingerprint density at radius 2 is 2.06 bits per heavy atom. The molecule has 0 radical (unpaired) electrons. The van der Waals surface area contributed by atoms with E-state index in [1.807, 2.05) is 18.2 Å². The summed E-state index contributed by atoms with van der Waals surface area (Å²) in [6.45, 7) is 5.77. The van der Waals surface area contributed by atoms with Gasteiger partial charge in [0.25, 0.3) is 0 Å². The van der Waals surface area contributed by atoms with Crippen LogP contribution in [0.4, 0.5) is 0 Å². The number of carbonyl (C=O) groups is 1. The summed E-state index contributed by atoms with van der Waals surface area (Å²) >= 11 is 3.46. The van der Waals surface area contributed by atoms with E-state index in [0.29, 0.717) is 6.42 Å². The van der Waals surface area contributed by atoms with E-state index in [9.17, 15) is 4.79 Å². The van der Waals surface area contributed by atoms with Gasteiger partial charge < -0.3 is 4.74 Å². The van der Waals surface area contributed by atoms with E-state index in [-0.39, 0.29) is 11.2 Å². The van der Waals surface area contributed by atoms with Gasteiger partial charge >= 0.3 is 0 Å². The lowest BCUT2D eigenvalue weighted by Gasteiger charge is -2.24. The highest BCUT2D eigenvalue weighted by atomic mass is 79.9. The van der Waals surface area contributed by atoms with Gasteiger partial charge in [-0.15, -0.1) is 0 Å². The summed E-state index contributed by atoms with van der Waals surface area (Å²) in [7, 11) is 1.64. The Hall–Kier alpha value is -0.830. The van der Waals surface area contributed by atoms with Crippen LogP contribution in [0.3, 0.4) is 0 Å². The van der Waals surface area contributed by atoms with Crippen LogP contribution >= 0.6 is 15.9 Å². The van der Waals surface area contributed by atoms with E-state index in [0.717, 1.165) is 15.8 Å². The predicted molar refractivity (Wildman–Crippen MR) is 69.0 cm³/mol. The molecule has 0 amide bonds. The first-order valence-electron chi connectivity index (χ1n) is 5.20. The van der Waals surface area contributed by atoms with Crippen LogP contribution in [-0.2, 0) is 10.2 Å². The summed E-state index contributed by atoms with van der Waals surface area (Å²) in [6, 6.07) is 5.94. The minimum Gasteiger partial charge on any atom is -0.496 e. The zero-order valence-corrected chi connectivity index (χ0v) is 11.7. The third-order valence-corrected chi connectivity index (χ3v) is 3.24. The van der Waals surface area contributed by atoms with Crippen LogP contribution in [-0.4, -0.2) is 12.9 Å². The molecule has 0 aliphatic heterocycles. The standard InChI is InChI=1S/C13H17BrO2/c1-9(15)8-13(2,3)10-5-6-12(16-4)11(14)7-10/h5-7H,8H2,1-4H3. The number of methoxy groups -OCH3 is 1. The molecule has 0 unspecified atom stereocenters. The van der Waals surface area contributed by atoms with Gasteiger partial charge in [0.1, 0.15) is 11.5 Å². The molecule has 16 heavy (non-hydrogen) atoms. The number of Topliss-reactive ketones (excluding diaryl/α,β-unsaturated/α-hetero) is 1. The summed E-state index contributed by atoms with van der Waals surface area (Å²) < 4.78 is 6.10. The van der Waals surface area contributed by atoms with Crippen molar-refractivity contribution in [1.29, 1.82) is 0 Å². The molecule has 0 heterocycles. The van der Waals surface area contributed by atoms with Crippen molar-refractivity contribution < 1.29 is 9.53 Å². The van der Waals surface area contributed by atoms with Crippen LogP contribution in [0.15, 0.2) is 22.7 Å². The van der Waals surface area contributed by atoms with E-state index in [1.54, 1.807) is 14.0 Å². The van der Waals surface area contributed by atoms with Crippen LogP contribution in [0.25, 0.3) is 0 Å². The van der Waals surface area contributed by atoms with Crippen LogP contribution in [0, 0.1) is 0 Å². The van der Waals surface area contributed by atoms with E-state index >= 15 is 0 Å². The first-order valence-corrected chi connectivity index (χ1v) is 5.99. The topological polar surface area (TPSA) is 26.3 Å². The largest absolute Gasteiger partial charge is 0.496 e. The molecule has 0 N–H and O–H groups in total. The number of benzene rings is 1. The van der Waals surface area contributed by atoms with E-state index in [4.69, 9.17) is 4.74 Å². The molecular formula is C13H17BrO2. The van der Waals surface area contributed by atoms with Gasteiger partial charge in [-0.25, -0.2) is 0 Å². The molecule has 0 fully saturated rings. The first-order chi connectivity index (χ1) is 7.36. The Morgan fingerprint density at radius 1 is 1.44 bits per heavy atom. The van der Waals surface area contributed by atoms with Gasteiger partial charge in [0.15, 0.2) is 0 Å². The van der Waals surface area contributed by atoms with Gasteiger partial charge in [-0.2, -0.15) is 0 Å². The Bertz CT molecular complexity index is 397. The van der Waals surface area contributed by atoms with Gasteiger partial charge in [0.05, 0.1) is 11.6 Å². The van der Waals surface area contributed by atoms with Crippen LogP contribution in [0.2, 0.25) is 0 Å². The lowest BCUT2D eigenvalue weighted by atomic mass is 9.80. The van der Waals surface area contributed by atoms with Crippen molar-refractivity contribution in [2.45, 2.75) is 32.6 Å². The minimum absolute atomic E-state index is 0.138. The zero-order valence-electron chi connectivity index (χ0n) is 10.1. The SMILES string of the molecule is COc1ccc(C(C)(C)CC(C)=O)cc1Br. The van der Waals surface area contributed by atoms with Crippen molar-refractivity contribution in [2.75, 3.05) is 7.11 Å². The number of carbonyl (C=O) groups excluding carboxylic acids is 1. The molecule has 0 aliphatic carbocycles. The third kappa shape index (κ3) is 3.08. The molecule has 0 saturated heterocycles. The van der Waals surface area contributed by atoms with Crippen LogP contribution < -0.4 is 4.74 Å². The smallest absolute Gasteiger partial charge is 0.133 e. The average molecular weight is 285 g/mol. The predicted octanol–water partition coefficient (Wildman–Crippen LogP) is 3.71. The number of rotatable bonds is 4. The summed E-state index contributed by atoms with van der Waals surface area (Å²) in [5, 5.41) is 0. The maximum absolute atomic E-state index is 11.2. The third-order valence-electron chi connectivity index (χ3n) is 2.62. The molecule has 0 aromatic heterocycles. The Labute approximate surface area is 105 Å². The molecule has 0 spiro atoms. The van der Waals surface area contributed by atoms with E-state index in [2.05, 4.69) is 29.8 Å². The van der Waals surface area contributed by atoms with Gasteiger partial charge in [-0.05, 0) is 46.0 Å². The second-order valence-corrected chi connectivity index (χ2v) is 5.47. The zero-order chi connectivity index (χ0) is 12.3. The van der Waals surface area contributed by atoms with E-state index in [1.165, 1.54) is 0 Å². The van der Waals surface area contributed by atoms with Crippen molar-refractivity contribution in [2.24, 2.45) is 0 Å². The van der Waals surface area contributed by atoms with E-state index < -0.39 is 0 Å². The average Bonchev–Trinajstić information content (AvgIpc) is 2.15. The summed E-state index contributed by atoms with van der Waals surface area (Å²) in [4.78, 5) is 11.2. The number of hydrogen-bond donors (Lipinski definition) is 0. The molecule has 0 aliphatic rings. The molecule has 1 aromatic rings. The Kier molecular flexibility index (Phi) is 4.14. The maximum atomic E-state index is 11.2. The maximum Gasteiger partial charge on any atom is 0.133 e. The first kappa shape index (κ1) is 13.2. The van der Waals surface area contributed by atoms with Crippen molar-refractivity contribution in [3.05, 3.63) is 28.2 Å². The second-order valence-electron chi connectivity index (χ2n) is 4.61. The summed E-state index contributed by atoms with van der Waals surface area (Å²) in [5.74, 6) is 1.01. The quantitative estimate of drug-likeness (QED) is 0.843. The lowest BCUT2D eigenvalue weighted by molar-refractivity contribution is -0.118. The van der Waals surface area contributed by atoms with Crippen molar-refractivity contribution >= 4 is 21.7 Å². The van der Waals surface area contributed by atoms with Crippen LogP contribution in [0.5, 0.6) is 5.75 Å². The fourth-order valence-electron chi connectivity index (χ4n) is 1.81. The van der Waals surface area contributed by atoms with Gasteiger partial charge in [0.2, 0.25) is 0 Å². The number of ether oxygens (including phenoxy) is 1. The van der Waals surface area contributed by atoms with Gasteiger partial charge in [-0.3, -0.25) is 4.79 Å². The van der Waals surface area contributed by atoms with Crippen molar-refractivity contribution in [3.8, 4) is 5.75 Å². The monoisotopic (exact) mass is 284 g/mol. The Morgan fingerprint density at radius 3 is 2.50 bits per heavy atom. The number of halogens is 1. The molecule has 0 saturated carbocycles. The molecular weight excluding hydrogens is 268 g/mol. The molecule has 0 bridgehead atoms. The molecule has 3 heteroatoms. The molecule has 1 rings (SSSR count). The summed E-state index contributed by atoms with van der Waals surface area (Å²) in [5.41, 5.74) is 0.996. The molecule has 88 valence electrons. The number of ketones is 1. The molecule has 0 atom stereocenters. The van der Waals surface area contributed by atoms with Crippen molar-refractivity contribution in [1.82, 2.24) is 0 Å². The van der Waals surface area contributed by atoms with Crippen molar-refractivity contribution in [3.63, 3.8) is 0 Å².